The zero-order chi connectivity index (χ0) is 12.3. The summed E-state index contributed by atoms with van der Waals surface area (Å²) in [6.07, 6.45) is 5.32. The van der Waals surface area contributed by atoms with Crippen LogP contribution in [0.5, 0.6) is 0 Å². The minimum absolute atomic E-state index is 0.165. The average Bonchev–Trinajstić information content (AvgIpc) is 2.72. The molecular formula is C10H17N5O2. The van der Waals surface area contributed by atoms with Crippen LogP contribution in [0.4, 0.5) is 5.95 Å². The van der Waals surface area contributed by atoms with Gasteiger partial charge >= 0.3 is 5.97 Å². The lowest BCUT2D eigenvalue weighted by molar-refractivity contribution is -0.139. The Morgan fingerprint density at radius 3 is 2.71 bits per heavy atom. The predicted molar refractivity (Wildman–Crippen MR) is 60.4 cm³/mol. The number of nitrogens with zero attached hydrogens (tertiary/aromatic N) is 4. The highest BCUT2D eigenvalue weighted by molar-refractivity contribution is 5.76. The number of carboxylic acids is 1. The molecule has 1 atom stereocenters. The molecule has 0 bridgehead atoms. The van der Waals surface area contributed by atoms with E-state index >= 15 is 0 Å². The number of rotatable bonds is 4. The Hall–Kier alpha value is -1.66. The van der Waals surface area contributed by atoms with Crippen molar-refractivity contribution < 1.29 is 9.90 Å². The van der Waals surface area contributed by atoms with Crippen molar-refractivity contribution in [2.24, 2.45) is 13.0 Å². The quantitative estimate of drug-likeness (QED) is 0.801. The second-order valence-electron chi connectivity index (χ2n) is 4.48. The zero-order valence-corrected chi connectivity index (χ0v) is 9.83. The molecule has 1 aromatic heterocycles. The molecule has 1 aliphatic rings. The van der Waals surface area contributed by atoms with Crippen molar-refractivity contribution in [1.29, 1.82) is 0 Å². The van der Waals surface area contributed by atoms with Gasteiger partial charge in [-0.15, -0.1) is 0 Å². The molecule has 0 aromatic carbocycles. The minimum Gasteiger partial charge on any atom is -0.480 e. The van der Waals surface area contributed by atoms with Gasteiger partial charge in [-0.2, -0.15) is 0 Å². The maximum atomic E-state index is 11.3. The van der Waals surface area contributed by atoms with Crippen LogP contribution in [0.2, 0.25) is 0 Å². The van der Waals surface area contributed by atoms with Crippen molar-refractivity contribution in [2.75, 3.05) is 5.32 Å². The molecule has 0 saturated heterocycles. The van der Waals surface area contributed by atoms with E-state index in [-0.39, 0.29) is 5.92 Å². The van der Waals surface area contributed by atoms with Crippen LogP contribution in [-0.4, -0.2) is 37.3 Å². The van der Waals surface area contributed by atoms with E-state index in [0.29, 0.717) is 5.95 Å². The van der Waals surface area contributed by atoms with E-state index in [1.807, 2.05) is 0 Å². The van der Waals surface area contributed by atoms with Gasteiger partial charge in [0.25, 0.3) is 0 Å². The summed E-state index contributed by atoms with van der Waals surface area (Å²) in [5.74, 6) is -0.263. The smallest absolute Gasteiger partial charge is 0.326 e. The lowest BCUT2D eigenvalue weighted by Crippen LogP contribution is -2.38. The third-order valence-corrected chi connectivity index (χ3v) is 3.29. The molecule has 94 valence electrons. The first-order valence-electron chi connectivity index (χ1n) is 5.90. The highest BCUT2D eigenvalue weighted by Crippen LogP contribution is 2.27. The fraction of sp³-hybridized carbons (Fsp3) is 0.800. The molecule has 1 aliphatic carbocycles. The highest BCUT2D eigenvalue weighted by Gasteiger charge is 2.30. The number of carboxylic acid groups (broad SMARTS) is 1. The molecular weight excluding hydrogens is 222 g/mol. The Morgan fingerprint density at radius 2 is 2.18 bits per heavy atom. The van der Waals surface area contributed by atoms with E-state index in [0.717, 1.165) is 25.7 Å². The fourth-order valence-corrected chi connectivity index (χ4v) is 2.34. The third kappa shape index (κ3) is 2.72. The molecule has 2 rings (SSSR count). The molecule has 0 amide bonds. The van der Waals surface area contributed by atoms with Gasteiger partial charge in [-0.3, -0.25) is 0 Å². The van der Waals surface area contributed by atoms with Crippen molar-refractivity contribution in [1.82, 2.24) is 20.2 Å². The molecule has 2 N–H and O–H groups in total. The third-order valence-electron chi connectivity index (χ3n) is 3.29. The molecule has 1 fully saturated rings. The van der Waals surface area contributed by atoms with Crippen molar-refractivity contribution >= 4 is 11.9 Å². The molecule has 1 heterocycles. The van der Waals surface area contributed by atoms with Crippen molar-refractivity contribution in [3.63, 3.8) is 0 Å². The Balaban J connectivity index is 2.07. The maximum absolute atomic E-state index is 11.3. The summed E-state index contributed by atoms with van der Waals surface area (Å²) in [6, 6.07) is -0.597. The first-order valence-corrected chi connectivity index (χ1v) is 5.90. The highest BCUT2D eigenvalue weighted by atomic mass is 16.4. The number of carbonyl (C=O) groups is 1. The molecule has 1 unspecified atom stereocenters. The Bertz CT molecular complexity index is 386. The van der Waals surface area contributed by atoms with Gasteiger partial charge in [0.1, 0.15) is 6.04 Å². The van der Waals surface area contributed by atoms with Gasteiger partial charge in [-0.25, -0.2) is 9.48 Å². The SMILES string of the molecule is Cn1nnnc1NC(C(=O)O)C1CCCCC1. The van der Waals surface area contributed by atoms with Crippen molar-refractivity contribution in [2.45, 2.75) is 38.1 Å². The molecule has 0 aliphatic heterocycles. The van der Waals surface area contributed by atoms with Crippen LogP contribution in [0.25, 0.3) is 0 Å². The number of aliphatic carboxylic acids is 1. The maximum Gasteiger partial charge on any atom is 0.326 e. The van der Waals surface area contributed by atoms with Gasteiger partial charge in [-0.1, -0.05) is 24.4 Å². The van der Waals surface area contributed by atoms with Gasteiger partial charge in [0.2, 0.25) is 5.95 Å². The number of aryl methyl sites for hydroxylation is 1. The topological polar surface area (TPSA) is 92.9 Å². The lowest BCUT2D eigenvalue weighted by atomic mass is 9.84. The number of anilines is 1. The summed E-state index contributed by atoms with van der Waals surface area (Å²) in [4.78, 5) is 11.3. The van der Waals surface area contributed by atoms with Gasteiger partial charge in [0.05, 0.1) is 0 Å². The molecule has 0 spiro atoms. The first-order chi connectivity index (χ1) is 8.18. The van der Waals surface area contributed by atoms with Gasteiger partial charge in [-0.05, 0) is 29.2 Å². The van der Waals surface area contributed by atoms with E-state index in [9.17, 15) is 9.90 Å². The second kappa shape index (κ2) is 5.11. The first kappa shape index (κ1) is 11.8. The Morgan fingerprint density at radius 1 is 1.47 bits per heavy atom. The number of nitrogens with one attached hydrogen (secondary N) is 1. The summed E-state index contributed by atoms with van der Waals surface area (Å²) >= 11 is 0. The summed E-state index contributed by atoms with van der Waals surface area (Å²) < 4.78 is 1.44. The lowest BCUT2D eigenvalue weighted by Gasteiger charge is -2.27. The van der Waals surface area contributed by atoms with Gasteiger partial charge in [0.15, 0.2) is 0 Å². The summed E-state index contributed by atoms with van der Waals surface area (Å²) in [7, 11) is 1.68. The molecule has 7 heteroatoms. The van der Waals surface area contributed by atoms with Gasteiger partial charge < -0.3 is 10.4 Å². The molecule has 17 heavy (non-hydrogen) atoms. The average molecular weight is 239 g/mol. The van der Waals surface area contributed by atoms with Crippen LogP contribution in [0.15, 0.2) is 0 Å². The minimum atomic E-state index is -0.833. The monoisotopic (exact) mass is 239 g/mol. The number of hydrogen-bond donors (Lipinski definition) is 2. The largest absolute Gasteiger partial charge is 0.480 e. The van der Waals surface area contributed by atoms with Crippen LogP contribution < -0.4 is 5.32 Å². The standard InChI is InChI=1S/C10H17N5O2/c1-15-10(12-13-14-15)11-8(9(16)17)7-5-3-2-4-6-7/h7-8H,2-6H2,1H3,(H,16,17)(H,11,12,14). The van der Waals surface area contributed by atoms with E-state index in [1.165, 1.54) is 11.1 Å². The molecule has 1 saturated carbocycles. The number of aromatic nitrogens is 4. The Labute approximate surface area is 99.2 Å². The van der Waals surface area contributed by atoms with Crippen molar-refractivity contribution in [3.05, 3.63) is 0 Å². The van der Waals surface area contributed by atoms with E-state index in [1.54, 1.807) is 7.05 Å². The van der Waals surface area contributed by atoms with Crippen molar-refractivity contribution in [3.8, 4) is 0 Å². The number of tetrazole rings is 1. The van der Waals surface area contributed by atoms with Crippen LogP contribution in [0.3, 0.4) is 0 Å². The Kier molecular flexibility index (Phi) is 3.55. The molecule has 0 radical (unpaired) electrons. The summed E-state index contributed by atoms with van der Waals surface area (Å²) in [5, 5.41) is 23.1. The molecule has 7 nitrogen and oxygen atoms in total. The summed E-state index contributed by atoms with van der Waals surface area (Å²) in [5.41, 5.74) is 0. The normalized spacial score (nSPS) is 18.9. The fourth-order valence-electron chi connectivity index (χ4n) is 2.34. The van der Waals surface area contributed by atoms with Crippen LogP contribution in [0.1, 0.15) is 32.1 Å². The van der Waals surface area contributed by atoms with Crippen LogP contribution >= 0.6 is 0 Å². The summed E-state index contributed by atoms with van der Waals surface area (Å²) in [6.45, 7) is 0. The van der Waals surface area contributed by atoms with E-state index in [2.05, 4.69) is 20.8 Å². The predicted octanol–water partition coefficient (Wildman–Crippen LogP) is 0.655. The van der Waals surface area contributed by atoms with E-state index in [4.69, 9.17) is 0 Å². The number of hydrogen-bond acceptors (Lipinski definition) is 5. The van der Waals surface area contributed by atoms with E-state index < -0.39 is 12.0 Å². The van der Waals surface area contributed by atoms with Crippen LogP contribution in [0, 0.1) is 5.92 Å². The van der Waals surface area contributed by atoms with Gasteiger partial charge in [0, 0.05) is 7.05 Å². The van der Waals surface area contributed by atoms with Crippen LogP contribution in [-0.2, 0) is 11.8 Å². The zero-order valence-electron chi connectivity index (χ0n) is 9.83. The molecule has 1 aromatic rings. The second-order valence-corrected chi connectivity index (χ2v) is 4.48.